The summed E-state index contributed by atoms with van der Waals surface area (Å²) in [5.41, 5.74) is 4.09. The van der Waals surface area contributed by atoms with Gasteiger partial charge in [-0.1, -0.05) is 12.1 Å². The number of hydrogen-bond acceptors (Lipinski definition) is 4. The average Bonchev–Trinajstić information content (AvgIpc) is 2.40. The molecule has 0 radical (unpaired) electrons. The number of benzene rings is 1. The number of nitrogens with one attached hydrogen (secondary N) is 1. The molecule has 0 spiro atoms. The highest BCUT2D eigenvalue weighted by molar-refractivity contribution is 5.91. The summed E-state index contributed by atoms with van der Waals surface area (Å²) in [5.74, 6) is 0.218. The third-order valence-electron chi connectivity index (χ3n) is 3.11. The van der Waals surface area contributed by atoms with Crippen LogP contribution in [0.4, 0.5) is 11.4 Å². The second-order valence-corrected chi connectivity index (χ2v) is 4.78. The highest BCUT2D eigenvalue weighted by atomic mass is 16.3. The molecule has 1 aromatic carbocycles. The number of aromatic hydroxyl groups is 1. The Balaban J connectivity index is 2.14. The number of anilines is 2. The Bertz CT molecular complexity index is 779. The van der Waals surface area contributed by atoms with Gasteiger partial charge in [-0.25, -0.2) is 9.97 Å². The number of para-hydroxylation sites is 2. The van der Waals surface area contributed by atoms with Gasteiger partial charge < -0.3 is 10.4 Å². The molecule has 3 rings (SSSR count). The Kier molecular flexibility index (Phi) is 2.99. The van der Waals surface area contributed by atoms with Crippen molar-refractivity contribution in [2.75, 3.05) is 5.32 Å². The van der Waals surface area contributed by atoms with Crippen LogP contribution < -0.4 is 5.32 Å². The van der Waals surface area contributed by atoms with E-state index in [9.17, 15) is 5.11 Å². The van der Waals surface area contributed by atoms with Crippen LogP contribution in [0.5, 0.6) is 5.75 Å². The number of fused-ring (bicyclic) bond motifs is 1. The minimum Gasteiger partial charge on any atom is -0.506 e. The van der Waals surface area contributed by atoms with Crippen molar-refractivity contribution in [3.63, 3.8) is 0 Å². The lowest BCUT2D eigenvalue weighted by Gasteiger charge is -2.11. The molecule has 0 aliphatic carbocycles. The highest BCUT2D eigenvalue weighted by Crippen LogP contribution is 2.30. The van der Waals surface area contributed by atoms with Crippen molar-refractivity contribution in [1.29, 1.82) is 0 Å². The number of pyridine rings is 2. The molecule has 0 amide bonds. The minimum atomic E-state index is 0.218. The van der Waals surface area contributed by atoms with Gasteiger partial charge in [-0.3, -0.25) is 0 Å². The zero-order valence-corrected chi connectivity index (χ0v) is 11.4. The van der Waals surface area contributed by atoms with Crippen molar-refractivity contribution < 1.29 is 5.11 Å². The van der Waals surface area contributed by atoms with Crippen LogP contribution in [0.1, 0.15) is 11.4 Å². The van der Waals surface area contributed by atoms with Gasteiger partial charge in [-0.15, -0.1) is 0 Å². The first-order valence-corrected chi connectivity index (χ1v) is 6.43. The molecule has 4 heteroatoms. The third-order valence-corrected chi connectivity index (χ3v) is 3.11. The van der Waals surface area contributed by atoms with Crippen LogP contribution in [-0.4, -0.2) is 15.1 Å². The number of aryl methyl sites for hydroxylation is 2. The molecule has 0 fully saturated rings. The van der Waals surface area contributed by atoms with Crippen molar-refractivity contribution in [3.05, 3.63) is 53.9 Å². The molecule has 0 aliphatic heterocycles. The van der Waals surface area contributed by atoms with Crippen molar-refractivity contribution in [2.24, 2.45) is 0 Å². The first-order chi connectivity index (χ1) is 9.63. The summed E-state index contributed by atoms with van der Waals surface area (Å²) in [4.78, 5) is 8.90. The Morgan fingerprint density at radius 3 is 2.45 bits per heavy atom. The second kappa shape index (κ2) is 4.81. The van der Waals surface area contributed by atoms with Crippen LogP contribution in [0.2, 0.25) is 0 Å². The normalized spacial score (nSPS) is 10.7. The van der Waals surface area contributed by atoms with Crippen LogP contribution in [-0.2, 0) is 0 Å². The SMILES string of the molecule is Cc1ccc2c(Nc3ccccc3O)cc(C)nc2n1. The standard InChI is InChI=1S/C16H15N3O/c1-10-7-8-12-14(9-11(2)18-16(12)17-10)19-13-5-3-4-6-15(13)20/h3-9,20H,1-2H3,(H,17,18,19). The molecule has 0 aliphatic rings. The molecule has 0 unspecified atom stereocenters. The summed E-state index contributed by atoms with van der Waals surface area (Å²) < 4.78 is 0. The first-order valence-electron chi connectivity index (χ1n) is 6.43. The lowest BCUT2D eigenvalue weighted by atomic mass is 10.2. The topological polar surface area (TPSA) is 58.0 Å². The van der Waals surface area contributed by atoms with Crippen LogP contribution in [0.15, 0.2) is 42.5 Å². The summed E-state index contributed by atoms with van der Waals surface area (Å²) in [6.07, 6.45) is 0. The quantitative estimate of drug-likeness (QED) is 0.694. The maximum absolute atomic E-state index is 9.86. The monoisotopic (exact) mass is 265 g/mol. The molecule has 2 aromatic heterocycles. The zero-order chi connectivity index (χ0) is 14.1. The van der Waals surface area contributed by atoms with E-state index in [-0.39, 0.29) is 5.75 Å². The molecule has 20 heavy (non-hydrogen) atoms. The van der Waals surface area contributed by atoms with Crippen molar-refractivity contribution in [2.45, 2.75) is 13.8 Å². The first kappa shape index (κ1) is 12.4. The highest BCUT2D eigenvalue weighted by Gasteiger charge is 2.07. The van der Waals surface area contributed by atoms with Gasteiger partial charge in [-0.2, -0.15) is 0 Å². The summed E-state index contributed by atoms with van der Waals surface area (Å²) >= 11 is 0. The van der Waals surface area contributed by atoms with E-state index in [1.807, 2.05) is 44.2 Å². The van der Waals surface area contributed by atoms with Crippen LogP contribution in [0.25, 0.3) is 11.0 Å². The molecule has 0 saturated carbocycles. The van der Waals surface area contributed by atoms with E-state index in [0.29, 0.717) is 11.3 Å². The maximum atomic E-state index is 9.86. The molecule has 100 valence electrons. The van der Waals surface area contributed by atoms with E-state index in [0.717, 1.165) is 22.5 Å². The van der Waals surface area contributed by atoms with E-state index in [4.69, 9.17) is 0 Å². The van der Waals surface area contributed by atoms with Crippen molar-refractivity contribution >= 4 is 22.4 Å². The number of hydrogen-bond donors (Lipinski definition) is 2. The summed E-state index contributed by atoms with van der Waals surface area (Å²) in [6.45, 7) is 3.87. The number of phenolic OH excluding ortho intramolecular Hbond substituents is 1. The maximum Gasteiger partial charge on any atom is 0.161 e. The Morgan fingerprint density at radius 1 is 0.900 bits per heavy atom. The zero-order valence-electron chi connectivity index (χ0n) is 11.4. The fourth-order valence-corrected chi connectivity index (χ4v) is 2.15. The lowest BCUT2D eigenvalue weighted by molar-refractivity contribution is 0.478. The predicted octanol–water partition coefficient (Wildman–Crippen LogP) is 3.70. The summed E-state index contributed by atoms with van der Waals surface area (Å²) in [6, 6.07) is 13.1. The Hall–Kier alpha value is -2.62. The lowest BCUT2D eigenvalue weighted by Crippen LogP contribution is -1.97. The summed E-state index contributed by atoms with van der Waals surface area (Å²) in [5, 5.41) is 14.0. The smallest absolute Gasteiger partial charge is 0.161 e. The van der Waals surface area contributed by atoms with Gasteiger partial charge in [0, 0.05) is 16.8 Å². The molecule has 2 heterocycles. The third kappa shape index (κ3) is 2.28. The molecule has 2 N–H and O–H groups in total. The van der Waals surface area contributed by atoms with Gasteiger partial charge in [0.2, 0.25) is 0 Å². The van der Waals surface area contributed by atoms with Crippen LogP contribution in [0, 0.1) is 13.8 Å². The van der Waals surface area contributed by atoms with Crippen molar-refractivity contribution in [1.82, 2.24) is 9.97 Å². The fraction of sp³-hybridized carbons (Fsp3) is 0.125. The molecule has 4 nitrogen and oxygen atoms in total. The summed E-state index contributed by atoms with van der Waals surface area (Å²) in [7, 11) is 0. The van der Waals surface area contributed by atoms with E-state index >= 15 is 0 Å². The van der Waals surface area contributed by atoms with E-state index in [1.165, 1.54) is 0 Å². The van der Waals surface area contributed by atoms with Gasteiger partial charge in [0.1, 0.15) is 5.75 Å². The predicted molar refractivity (Wildman–Crippen MR) is 80.4 cm³/mol. The Labute approximate surface area is 117 Å². The molecule has 3 aromatic rings. The molecule has 0 saturated heterocycles. The van der Waals surface area contributed by atoms with Crippen LogP contribution >= 0.6 is 0 Å². The molecule has 0 bridgehead atoms. The number of nitrogens with zero attached hydrogens (tertiary/aromatic N) is 2. The Morgan fingerprint density at radius 2 is 1.65 bits per heavy atom. The van der Waals surface area contributed by atoms with Gasteiger partial charge >= 0.3 is 0 Å². The van der Waals surface area contributed by atoms with Gasteiger partial charge in [0.15, 0.2) is 5.65 Å². The van der Waals surface area contributed by atoms with Gasteiger partial charge in [0.25, 0.3) is 0 Å². The molecular formula is C16H15N3O. The van der Waals surface area contributed by atoms with Crippen molar-refractivity contribution in [3.8, 4) is 5.75 Å². The average molecular weight is 265 g/mol. The minimum absolute atomic E-state index is 0.218. The number of phenols is 1. The van der Waals surface area contributed by atoms with Gasteiger partial charge in [0.05, 0.1) is 11.4 Å². The number of rotatable bonds is 2. The van der Waals surface area contributed by atoms with E-state index < -0.39 is 0 Å². The fourth-order valence-electron chi connectivity index (χ4n) is 2.15. The second-order valence-electron chi connectivity index (χ2n) is 4.78. The largest absolute Gasteiger partial charge is 0.506 e. The van der Waals surface area contributed by atoms with Gasteiger partial charge in [-0.05, 0) is 44.2 Å². The molecule has 0 atom stereocenters. The van der Waals surface area contributed by atoms with E-state index in [2.05, 4.69) is 15.3 Å². The molecular weight excluding hydrogens is 250 g/mol. The van der Waals surface area contributed by atoms with Crippen LogP contribution in [0.3, 0.4) is 0 Å². The van der Waals surface area contributed by atoms with E-state index in [1.54, 1.807) is 12.1 Å². The number of aromatic nitrogens is 2.